The number of nitrogens with zero attached hydrogens (tertiary/aromatic N) is 6. The number of nitrogen functional groups attached to an aromatic ring is 2. The zero-order valence-corrected chi connectivity index (χ0v) is 76.0. The summed E-state index contributed by atoms with van der Waals surface area (Å²) in [7, 11) is 0. The molecule has 8 aromatic rings. The molecule has 13 amide bonds. The third-order valence-electron chi connectivity index (χ3n) is 22.0. The second-order valence-electron chi connectivity index (χ2n) is 33.7. The Morgan fingerprint density at radius 2 is 0.932 bits per heavy atom. The first-order valence-corrected chi connectivity index (χ1v) is 45.1. The van der Waals surface area contributed by atoms with Gasteiger partial charge >= 0.3 is 0 Å². The van der Waals surface area contributed by atoms with Gasteiger partial charge in [-0.2, -0.15) is 9.97 Å². The van der Waals surface area contributed by atoms with Crippen LogP contribution in [-0.4, -0.2) is 221 Å². The topological polar surface area (TPSA) is 588 Å². The number of carbonyl (C=O) groups excluding carboxylic acids is 13. The molecule has 0 spiro atoms. The molecule has 0 unspecified atom stereocenters. The Morgan fingerprint density at radius 3 is 1.40 bits per heavy atom. The Kier molecular flexibility index (Phi) is 40.4. The van der Waals surface area contributed by atoms with Gasteiger partial charge in [-0.15, -0.1) is 10.2 Å². The van der Waals surface area contributed by atoms with Gasteiger partial charge in [0, 0.05) is 106 Å². The molecular weight excluding hydrogens is 1710 g/mol. The van der Waals surface area contributed by atoms with Gasteiger partial charge in [0.2, 0.25) is 101 Å². The monoisotopic (exact) mass is 1840 g/mol. The summed E-state index contributed by atoms with van der Waals surface area (Å²) in [5.41, 5.74) is 20.0. The number of aromatic amines is 2. The minimum absolute atomic E-state index is 0.00916. The van der Waals surface area contributed by atoms with Crippen LogP contribution in [0.15, 0.2) is 140 Å². The Balaban J connectivity index is 1.00. The number of aliphatic hydroxyl groups is 1. The number of nitrogens with one attached hydrogen (secondary N) is 16. The standard InChI is InChI=1S/C92H124ClN25O14/c1-54(2)45-69(80(124)105-68(22-13-16-41-98-55(3)4)88(132)118-44-18-23-76(118)87(131)101-56(5)79(94)123)106-82(126)72(48-59-29-36-66(37-30-59)103-77(121)24-9-7-14-42-99-91-112-89(95)114-116-91)108-84(128)73(49-60-31-38-67(39-32-60)104-78(122)25-10-8-15-43-100-92-113-90(96)115-117-92)110-86(130)75(53-119)111-85(129)74(51-62-19-17-40-97-52-62)109-83(127)71(47-58-27-34-65(93)35-28-58)107-81(125)70(102-57(6)120)50-61-26-33-63-20-11-12-21-64(63)46-61/h11-12,17,19-21,26-40,46,52,54-56,68-76,98,119H,7-10,13-16,18,22-25,41-45,47-51,53H2,1-6H3,(H2,94,123)(H,101,131)(H,102,120)(H,103,121)(H,104,122)(H,105,124)(H,106,126)(H,107,125)(H,108,128)(H,109,127)(H,110,130)(H,111,129)(H4,95,99,112,114,116)(H4,96,100,113,115,117)/t56-,68+,69+,70-,71-,72-,73+,74-,75+,76+/m1/s1. The molecule has 0 aliphatic carbocycles. The number of hydrogen-bond donors (Lipinski definition) is 20. The lowest BCUT2D eigenvalue weighted by Crippen LogP contribution is -2.62. The van der Waals surface area contributed by atoms with Gasteiger partial charge in [0.1, 0.15) is 60.4 Å². The molecule has 0 saturated carbocycles. The predicted molar refractivity (Wildman–Crippen MR) is 500 cm³/mol. The van der Waals surface area contributed by atoms with Crippen molar-refractivity contribution in [2.75, 3.05) is 65.5 Å². The van der Waals surface area contributed by atoms with Crippen molar-refractivity contribution in [3.63, 3.8) is 0 Å². The first-order valence-electron chi connectivity index (χ1n) is 44.7. The normalized spacial score (nSPS) is 14.4. The van der Waals surface area contributed by atoms with Gasteiger partial charge in [0.05, 0.1) is 6.61 Å². The number of fused-ring (bicyclic) bond motifs is 1. The second kappa shape index (κ2) is 52.2. The molecular formula is C92H124ClN25O14. The lowest BCUT2D eigenvalue weighted by atomic mass is 9.99. The summed E-state index contributed by atoms with van der Waals surface area (Å²) in [6.45, 7) is 11.0. The third kappa shape index (κ3) is 34.3. The van der Waals surface area contributed by atoms with Crippen molar-refractivity contribution in [1.82, 2.24) is 93.4 Å². The maximum atomic E-state index is 15.7. The second-order valence-corrected chi connectivity index (χ2v) is 34.1. The van der Waals surface area contributed by atoms with E-state index in [1.165, 1.54) is 31.1 Å². The number of halogens is 1. The number of primary amides is 1. The number of amides is 13. The Labute approximate surface area is 771 Å². The fraction of sp³-hybridized carbons (Fsp3) is 0.457. The Morgan fingerprint density at radius 1 is 0.485 bits per heavy atom. The van der Waals surface area contributed by atoms with Crippen LogP contribution in [0.25, 0.3) is 10.8 Å². The number of aromatic nitrogens is 7. The van der Waals surface area contributed by atoms with Gasteiger partial charge in [0.25, 0.3) is 0 Å². The van der Waals surface area contributed by atoms with Gasteiger partial charge in [0.15, 0.2) is 0 Å². The maximum absolute atomic E-state index is 15.7. The summed E-state index contributed by atoms with van der Waals surface area (Å²) in [6, 6.07) is 21.8. The van der Waals surface area contributed by atoms with Crippen LogP contribution in [0.1, 0.15) is 159 Å². The zero-order chi connectivity index (χ0) is 95.2. The maximum Gasteiger partial charge on any atom is 0.245 e. The smallest absolute Gasteiger partial charge is 0.245 e. The van der Waals surface area contributed by atoms with E-state index in [1.807, 2.05) is 70.2 Å². The largest absolute Gasteiger partial charge is 0.394 e. The van der Waals surface area contributed by atoms with Crippen molar-refractivity contribution in [1.29, 1.82) is 0 Å². The molecule has 0 radical (unpaired) electrons. The molecule has 3 aromatic heterocycles. The van der Waals surface area contributed by atoms with Crippen molar-refractivity contribution in [3.05, 3.63) is 173 Å². The minimum Gasteiger partial charge on any atom is -0.394 e. The molecule has 132 heavy (non-hydrogen) atoms. The van der Waals surface area contributed by atoms with Gasteiger partial charge in [-0.05, 0) is 165 Å². The van der Waals surface area contributed by atoms with Crippen LogP contribution >= 0.6 is 11.6 Å². The average Bonchev–Trinajstić information content (AvgIpc) is 1.67. The van der Waals surface area contributed by atoms with Crippen molar-refractivity contribution in [2.24, 2.45) is 11.7 Å². The number of nitrogens with two attached hydrogens (primary N) is 3. The molecule has 10 atom stereocenters. The van der Waals surface area contributed by atoms with Crippen molar-refractivity contribution in [3.8, 4) is 0 Å². The first-order chi connectivity index (χ1) is 63.3. The van der Waals surface area contributed by atoms with Gasteiger partial charge in [-0.3, -0.25) is 67.3 Å². The summed E-state index contributed by atoms with van der Waals surface area (Å²) in [5, 5.41) is 66.5. The van der Waals surface area contributed by atoms with Crippen LogP contribution in [0.4, 0.5) is 35.2 Å². The number of rotatable bonds is 54. The van der Waals surface area contributed by atoms with E-state index in [-0.39, 0.29) is 106 Å². The van der Waals surface area contributed by atoms with E-state index in [2.05, 4.69) is 110 Å². The summed E-state index contributed by atoms with van der Waals surface area (Å²) in [6.07, 6.45) is 7.90. The number of anilines is 6. The molecule has 4 heterocycles. The number of benzene rings is 5. The van der Waals surface area contributed by atoms with Gasteiger partial charge in [-0.25, -0.2) is 10.2 Å². The Bertz CT molecular complexity index is 5160. The van der Waals surface area contributed by atoms with E-state index >= 15 is 28.8 Å². The molecule has 1 saturated heterocycles. The van der Waals surface area contributed by atoms with E-state index in [4.69, 9.17) is 28.8 Å². The van der Waals surface area contributed by atoms with E-state index < -0.39 is 132 Å². The molecule has 5 aromatic carbocycles. The number of aliphatic hydroxyl groups excluding tert-OH is 1. The fourth-order valence-electron chi connectivity index (χ4n) is 15.0. The third-order valence-corrected chi connectivity index (χ3v) is 22.2. The summed E-state index contributed by atoms with van der Waals surface area (Å²) < 4.78 is 0. The fourth-order valence-corrected chi connectivity index (χ4v) is 15.1. The van der Waals surface area contributed by atoms with Crippen LogP contribution in [0, 0.1) is 5.92 Å². The van der Waals surface area contributed by atoms with E-state index in [1.54, 1.807) is 84.9 Å². The molecule has 40 heteroatoms. The SMILES string of the molecule is CC(=O)N[C@H](Cc1ccc2ccccc2c1)C(=O)N[C@H](Cc1ccc(Cl)cc1)C(=O)N[C@H](Cc1cccnc1)C(=O)N[C@@H](CO)C(=O)N[C@@H](Cc1ccc(NC(=O)CCCCCNc2nc(N)n[nH]2)cc1)C(=O)N[C@H](Cc1ccc(NC(=O)CCCCCNc2nc(N)n[nH]2)cc1)C(=O)N[C@@H](CC(C)C)C(=O)N[C@@H](CCCCNC(C)C)C(=O)N1CCC[C@H]1C(=O)N[C@H](C)C(N)=O. The predicted octanol–water partition coefficient (Wildman–Crippen LogP) is 4.11. The summed E-state index contributed by atoms with van der Waals surface area (Å²) >= 11 is 6.31. The summed E-state index contributed by atoms with van der Waals surface area (Å²) in [5.74, 6) is -8.79. The molecule has 0 bridgehead atoms. The van der Waals surface area contributed by atoms with Crippen LogP contribution < -0.4 is 91.6 Å². The van der Waals surface area contributed by atoms with Crippen molar-refractivity contribution >= 4 is 134 Å². The number of carbonyl (C=O) groups is 13. The van der Waals surface area contributed by atoms with Crippen LogP contribution in [-0.2, 0) is 94.4 Å². The highest BCUT2D eigenvalue weighted by Crippen LogP contribution is 2.24. The zero-order valence-electron chi connectivity index (χ0n) is 75.2. The lowest BCUT2D eigenvalue weighted by Gasteiger charge is -2.31. The van der Waals surface area contributed by atoms with Crippen LogP contribution in [0.3, 0.4) is 0 Å². The minimum atomic E-state index is -1.89. The highest BCUT2D eigenvalue weighted by atomic mass is 35.5. The van der Waals surface area contributed by atoms with Gasteiger partial charge in [-0.1, -0.05) is 137 Å². The van der Waals surface area contributed by atoms with E-state index in [0.29, 0.717) is 134 Å². The number of likely N-dealkylation sites (tertiary alicyclic amines) is 1. The molecule has 1 aliphatic heterocycles. The first kappa shape index (κ1) is 102. The number of hydrogen-bond acceptors (Lipinski definition) is 24. The number of pyridine rings is 1. The number of unbranched alkanes of at least 4 members (excludes halogenated alkanes) is 5. The summed E-state index contributed by atoms with van der Waals surface area (Å²) in [4.78, 5) is 200. The van der Waals surface area contributed by atoms with E-state index in [9.17, 15) is 38.7 Å². The highest BCUT2D eigenvalue weighted by Gasteiger charge is 2.41. The molecule has 1 aliphatic rings. The molecule has 23 N–H and O–H groups in total. The molecule has 39 nitrogen and oxygen atoms in total. The van der Waals surface area contributed by atoms with Crippen molar-refractivity contribution in [2.45, 2.75) is 230 Å². The van der Waals surface area contributed by atoms with Gasteiger partial charge < -0.3 is 102 Å². The van der Waals surface area contributed by atoms with Crippen LogP contribution in [0.2, 0.25) is 5.02 Å². The molecule has 708 valence electrons. The molecule has 1 fully saturated rings. The van der Waals surface area contributed by atoms with E-state index in [0.717, 1.165) is 10.8 Å². The lowest BCUT2D eigenvalue weighted by molar-refractivity contribution is -0.142. The number of H-pyrrole nitrogens is 2. The average molecular weight is 1840 g/mol. The Hall–Kier alpha value is -13.7. The van der Waals surface area contributed by atoms with Crippen LogP contribution in [0.5, 0.6) is 0 Å². The molecule has 9 rings (SSSR count). The van der Waals surface area contributed by atoms with Crippen molar-refractivity contribution < 1.29 is 67.4 Å². The quantitative estimate of drug-likeness (QED) is 0.0238. The highest BCUT2D eigenvalue weighted by molar-refractivity contribution is 6.30.